The van der Waals surface area contributed by atoms with Crippen LogP contribution in [0.25, 0.3) is 11.2 Å². The van der Waals surface area contributed by atoms with Crippen LogP contribution in [-0.4, -0.2) is 31.5 Å². The van der Waals surface area contributed by atoms with E-state index >= 15 is 0 Å². The Morgan fingerprint density at radius 1 is 1.30 bits per heavy atom. The van der Waals surface area contributed by atoms with Crippen LogP contribution in [0.2, 0.25) is 0 Å². The molecule has 20 heavy (non-hydrogen) atoms. The highest BCUT2D eigenvalue weighted by Gasteiger charge is 2.37. The number of fused-ring (bicyclic) bond motifs is 3. The molecule has 2 aromatic heterocycles. The van der Waals surface area contributed by atoms with Crippen molar-refractivity contribution in [1.82, 2.24) is 24.8 Å². The molecule has 0 unspecified atom stereocenters. The minimum atomic E-state index is 0.162. The summed E-state index contributed by atoms with van der Waals surface area (Å²) in [5.74, 6) is 1.09. The maximum atomic E-state index is 11.7. The molecule has 104 valence electrons. The molecule has 2 bridgehead atoms. The standard InChI is InChI=1S/C13H16N6O/c14-12-11-13(16-5-15-12)19(6-17-11)9-2-1-7-3-8(9)18-10(20)4-7/h5-9H,1-4H2,(H,18,20)(H2,14,15,16)/t7-,8+,9-/m1/s1. The third-order valence-electron chi connectivity index (χ3n) is 4.49. The zero-order valence-electron chi connectivity index (χ0n) is 11.0. The molecule has 3 N–H and O–H groups in total. The Balaban J connectivity index is 1.75. The predicted octanol–water partition coefficient (Wildman–Crippen LogP) is 0.638. The lowest BCUT2D eigenvalue weighted by molar-refractivity contribution is -0.126. The van der Waals surface area contributed by atoms with Gasteiger partial charge in [-0.1, -0.05) is 0 Å². The monoisotopic (exact) mass is 272 g/mol. The van der Waals surface area contributed by atoms with E-state index in [4.69, 9.17) is 5.73 Å². The second kappa shape index (κ2) is 4.16. The van der Waals surface area contributed by atoms with Crippen molar-refractivity contribution in [2.45, 2.75) is 37.8 Å². The predicted molar refractivity (Wildman–Crippen MR) is 72.7 cm³/mol. The van der Waals surface area contributed by atoms with Crippen molar-refractivity contribution in [3.05, 3.63) is 12.7 Å². The third-order valence-corrected chi connectivity index (χ3v) is 4.49. The van der Waals surface area contributed by atoms with E-state index in [-0.39, 0.29) is 18.0 Å². The summed E-state index contributed by atoms with van der Waals surface area (Å²) < 4.78 is 2.04. The Morgan fingerprint density at radius 2 is 2.20 bits per heavy atom. The molecule has 0 aromatic carbocycles. The summed E-state index contributed by atoms with van der Waals surface area (Å²) in [6.07, 6.45) is 7.04. The Labute approximate surface area is 115 Å². The van der Waals surface area contributed by atoms with Crippen molar-refractivity contribution < 1.29 is 4.79 Å². The molecule has 2 aromatic rings. The Morgan fingerprint density at radius 3 is 3.10 bits per heavy atom. The Hall–Kier alpha value is -2.18. The van der Waals surface area contributed by atoms with Crippen LogP contribution >= 0.6 is 0 Å². The first-order valence-corrected chi connectivity index (χ1v) is 6.95. The van der Waals surface area contributed by atoms with Crippen molar-refractivity contribution in [3.63, 3.8) is 0 Å². The summed E-state index contributed by atoms with van der Waals surface area (Å²) in [6, 6.07) is 0.374. The van der Waals surface area contributed by atoms with Gasteiger partial charge in [0.15, 0.2) is 11.5 Å². The van der Waals surface area contributed by atoms with E-state index in [0.29, 0.717) is 23.7 Å². The quantitative estimate of drug-likeness (QED) is 0.793. The minimum Gasteiger partial charge on any atom is -0.382 e. The summed E-state index contributed by atoms with van der Waals surface area (Å²) in [4.78, 5) is 24.3. The van der Waals surface area contributed by atoms with E-state index in [9.17, 15) is 4.79 Å². The van der Waals surface area contributed by atoms with Crippen LogP contribution in [0.5, 0.6) is 0 Å². The smallest absolute Gasteiger partial charge is 0.220 e. The highest BCUT2D eigenvalue weighted by molar-refractivity contribution is 5.81. The van der Waals surface area contributed by atoms with E-state index < -0.39 is 0 Å². The fourth-order valence-corrected chi connectivity index (χ4v) is 3.56. The number of anilines is 1. The van der Waals surface area contributed by atoms with Gasteiger partial charge in [-0.2, -0.15) is 0 Å². The number of nitrogens with one attached hydrogen (secondary N) is 1. The normalized spacial score (nSPS) is 29.4. The highest BCUT2D eigenvalue weighted by atomic mass is 16.1. The fraction of sp³-hybridized carbons (Fsp3) is 0.538. The van der Waals surface area contributed by atoms with E-state index in [1.807, 2.05) is 4.57 Å². The van der Waals surface area contributed by atoms with Gasteiger partial charge in [0, 0.05) is 12.5 Å². The first kappa shape index (κ1) is 11.6. The molecule has 7 heteroatoms. The van der Waals surface area contributed by atoms with Crippen LogP contribution in [0.15, 0.2) is 12.7 Å². The number of carbonyl (C=O) groups excluding carboxylic acids is 1. The number of hydrogen-bond acceptors (Lipinski definition) is 5. The number of amides is 1. The first-order chi connectivity index (χ1) is 9.72. The molecular weight excluding hydrogens is 256 g/mol. The average molecular weight is 272 g/mol. The average Bonchev–Trinajstić information content (AvgIpc) is 2.84. The zero-order valence-corrected chi connectivity index (χ0v) is 11.0. The third kappa shape index (κ3) is 1.65. The molecule has 2 fully saturated rings. The topological polar surface area (TPSA) is 98.7 Å². The largest absolute Gasteiger partial charge is 0.382 e. The van der Waals surface area contributed by atoms with E-state index in [0.717, 1.165) is 24.9 Å². The molecule has 2 aliphatic rings. The van der Waals surface area contributed by atoms with Gasteiger partial charge in [0.25, 0.3) is 0 Å². The highest BCUT2D eigenvalue weighted by Crippen LogP contribution is 2.38. The van der Waals surface area contributed by atoms with Gasteiger partial charge >= 0.3 is 0 Å². The fourth-order valence-electron chi connectivity index (χ4n) is 3.56. The van der Waals surface area contributed by atoms with Crippen molar-refractivity contribution in [1.29, 1.82) is 0 Å². The first-order valence-electron chi connectivity index (χ1n) is 6.95. The number of imidazole rings is 1. The van der Waals surface area contributed by atoms with Crippen LogP contribution < -0.4 is 11.1 Å². The second-order valence-electron chi connectivity index (χ2n) is 5.71. The Bertz CT molecular complexity index is 681. The molecule has 0 spiro atoms. The van der Waals surface area contributed by atoms with Gasteiger partial charge in [-0.3, -0.25) is 4.79 Å². The lowest BCUT2D eigenvalue weighted by atomic mass is 9.77. The SMILES string of the molecule is Nc1ncnc2c1ncn2[C@@H]1CC[C@H]2CC(=O)N[C@H]1C2. The molecule has 1 saturated heterocycles. The van der Waals surface area contributed by atoms with Gasteiger partial charge in [0.05, 0.1) is 12.4 Å². The van der Waals surface area contributed by atoms with Gasteiger partial charge < -0.3 is 15.6 Å². The van der Waals surface area contributed by atoms with Gasteiger partial charge in [0.2, 0.25) is 5.91 Å². The van der Waals surface area contributed by atoms with E-state index in [2.05, 4.69) is 20.3 Å². The molecule has 3 atom stereocenters. The molecule has 1 saturated carbocycles. The van der Waals surface area contributed by atoms with Crippen LogP contribution in [0.1, 0.15) is 31.7 Å². The summed E-state index contributed by atoms with van der Waals surface area (Å²) in [6.45, 7) is 0. The molecule has 1 aliphatic carbocycles. The number of rotatable bonds is 1. The van der Waals surface area contributed by atoms with Crippen LogP contribution in [0.4, 0.5) is 5.82 Å². The number of nitrogen functional groups attached to an aromatic ring is 1. The Kier molecular flexibility index (Phi) is 2.42. The van der Waals surface area contributed by atoms with Crippen molar-refractivity contribution in [2.24, 2.45) is 5.92 Å². The van der Waals surface area contributed by atoms with E-state index in [1.165, 1.54) is 6.33 Å². The van der Waals surface area contributed by atoms with Crippen LogP contribution in [0, 0.1) is 5.92 Å². The molecule has 1 amide bonds. The summed E-state index contributed by atoms with van der Waals surface area (Å²) >= 11 is 0. The molecule has 1 aliphatic heterocycles. The minimum absolute atomic E-state index is 0.162. The number of nitrogens with zero attached hydrogens (tertiary/aromatic N) is 4. The zero-order chi connectivity index (χ0) is 13.7. The maximum Gasteiger partial charge on any atom is 0.220 e. The number of piperidine rings is 1. The van der Waals surface area contributed by atoms with Gasteiger partial charge in [-0.05, 0) is 25.2 Å². The van der Waals surface area contributed by atoms with Gasteiger partial charge in [-0.15, -0.1) is 0 Å². The number of nitrogens with two attached hydrogens (primary N) is 1. The van der Waals surface area contributed by atoms with Crippen molar-refractivity contribution >= 4 is 22.9 Å². The van der Waals surface area contributed by atoms with Gasteiger partial charge in [-0.25, -0.2) is 15.0 Å². The van der Waals surface area contributed by atoms with E-state index in [1.54, 1.807) is 6.33 Å². The molecule has 0 radical (unpaired) electrons. The molecule has 3 heterocycles. The van der Waals surface area contributed by atoms with Crippen molar-refractivity contribution in [3.8, 4) is 0 Å². The van der Waals surface area contributed by atoms with Crippen LogP contribution in [0.3, 0.4) is 0 Å². The molecule has 4 rings (SSSR count). The lowest BCUT2D eigenvalue weighted by Gasteiger charge is -2.40. The second-order valence-corrected chi connectivity index (χ2v) is 5.71. The summed E-state index contributed by atoms with van der Waals surface area (Å²) in [5.41, 5.74) is 7.21. The van der Waals surface area contributed by atoms with Crippen molar-refractivity contribution in [2.75, 3.05) is 5.73 Å². The lowest BCUT2D eigenvalue weighted by Crippen LogP contribution is -2.49. The maximum absolute atomic E-state index is 11.7. The number of hydrogen-bond donors (Lipinski definition) is 2. The number of carbonyl (C=O) groups is 1. The summed E-state index contributed by atoms with van der Waals surface area (Å²) in [5, 5.41) is 3.10. The molecule has 7 nitrogen and oxygen atoms in total. The number of aromatic nitrogens is 4. The molecular formula is C13H16N6O. The van der Waals surface area contributed by atoms with Crippen LogP contribution in [-0.2, 0) is 4.79 Å². The van der Waals surface area contributed by atoms with Gasteiger partial charge in [0.1, 0.15) is 11.8 Å². The summed E-state index contributed by atoms with van der Waals surface area (Å²) in [7, 11) is 0.